The third-order valence-corrected chi connectivity index (χ3v) is 8.27. The molecular formula is C26H25Cl3N4O4S. The van der Waals surface area contributed by atoms with E-state index in [4.69, 9.17) is 54.1 Å². The van der Waals surface area contributed by atoms with Gasteiger partial charge in [0.2, 0.25) is 0 Å². The first kappa shape index (κ1) is 27.0. The monoisotopic (exact) mass is 594 g/mol. The predicted molar refractivity (Wildman–Crippen MR) is 148 cm³/mol. The van der Waals surface area contributed by atoms with Crippen molar-refractivity contribution in [3.8, 4) is 11.6 Å². The standard InChI is InChI=1S/C26H25Cl3N4O4S/c1-2-35-21-4-3-7-30-25(21)36-13-23(34)33-8-5-15(6-9-33)26-31-20(14-38-26)19-12-22(37-32-19)24-17(28)10-16(27)11-18(24)29/h3-4,7,10-11,14-15,22H,2,5-6,8-9,12-13H2,1H3. The van der Waals surface area contributed by atoms with E-state index in [1.807, 2.05) is 17.2 Å². The molecule has 0 radical (unpaired) electrons. The smallest absolute Gasteiger partial charge is 0.260 e. The Labute approximate surface area is 239 Å². The molecule has 1 amide bonds. The summed E-state index contributed by atoms with van der Waals surface area (Å²) in [7, 11) is 0. The molecule has 3 aromatic rings. The maximum absolute atomic E-state index is 12.7. The Hall–Kier alpha value is -2.59. The fraction of sp³-hybridized carbons (Fsp3) is 0.385. The fourth-order valence-corrected chi connectivity index (χ4v) is 6.56. The minimum atomic E-state index is -0.389. The van der Waals surface area contributed by atoms with Crippen LogP contribution in [-0.2, 0) is 9.63 Å². The highest BCUT2D eigenvalue weighted by Crippen LogP contribution is 2.40. The number of halogens is 3. The van der Waals surface area contributed by atoms with Crippen LogP contribution in [0.15, 0.2) is 41.0 Å². The summed E-state index contributed by atoms with van der Waals surface area (Å²) < 4.78 is 11.2. The third kappa shape index (κ3) is 6.01. The van der Waals surface area contributed by atoms with Gasteiger partial charge < -0.3 is 19.2 Å². The van der Waals surface area contributed by atoms with E-state index < -0.39 is 0 Å². The zero-order valence-electron chi connectivity index (χ0n) is 20.5. The van der Waals surface area contributed by atoms with Crippen molar-refractivity contribution in [3.63, 3.8) is 0 Å². The number of hydrogen-bond donors (Lipinski definition) is 0. The van der Waals surface area contributed by atoms with Gasteiger partial charge in [-0.05, 0) is 44.0 Å². The maximum Gasteiger partial charge on any atom is 0.260 e. The molecule has 1 saturated heterocycles. The van der Waals surface area contributed by atoms with Crippen LogP contribution in [0.2, 0.25) is 15.1 Å². The number of nitrogens with zero attached hydrogens (tertiary/aromatic N) is 4. The van der Waals surface area contributed by atoms with E-state index in [1.165, 1.54) is 0 Å². The van der Waals surface area contributed by atoms with E-state index in [0.717, 1.165) is 29.3 Å². The second kappa shape index (κ2) is 12.1. The van der Waals surface area contributed by atoms with Gasteiger partial charge in [0.1, 0.15) is 5.71 Å². The summed E-state index contributed by atoms with van der Waals surface area (Å²) in [6.45, 7) is 3.58. The lowest BCUT2D eigenvalue weighted by molar-refractivity contribution is -0.134. The van der Waals surface area contributed by atoms with Crippen molar-refractivity contribution in [2.75, 3.05) is 26.3 Å². The SMILES string of the molecule is CCOc1cccnc1OCC(=O)N1CCC(c2nc(C3=NOC(c4c(Cl)cc(Cl)cc4Cl)C3)cs2)CC1. The third-order valence-electron chi connectivity index (χ3n) is 6.42. The molecular weight excluding hydrogens is 571 g/mol. The molecule has 1 aromatic carbocycles. The Kier molecular flexibility index (Phi) is 8.57. The molecule has 0 spiro atoms. The minimum absolute atomic E-state index is 0.0700. The lowest BCUT2D eigenvalue weighted by atomic mass is 9.97. The molecule has 1 atom stereocenters. The number of carbonyl (C=O) groups is 1. The van der Waals surface area contributed by atoms with Crippen molar-refractivity contribution in [2.24, 2.45) is 5.16 Å². The largest absolute Gasteiger partial charge is 0.488 e. The molecule has 2 aliphatic rings. The number of carbonyl (C=O) groups excluding carboxylic acids is 1. The molecule has 200 valence electrons. The molecule has 1 fully saturated rings. The van der Waals surface area contributed by atoms with E-state index in [1.54, 1.807) is 41.8 Å². The second-order valence-electron chi connectivity index (χ2n) is 8.87. The summed E-state index contributed by atoms with van der Waals surface area (Å²) in [5, 5.41) is 8.65. The van der Waals surface area contributed by atoms with Crippen LogP contribution in [0.3, 0.4) is 0 Å². The van der Waals surface area contributed by atoms with Crippen LogP contribution in [0, 0.1) is 0 Å². The molecule has 0 aliphatic carbocycles. The molecule has 38 heavy (non-hydrogen) atoms. The second-order valence-corrected chi connectivity index (χ2v) is 11.0. The summed E-state index contributed by atoms with van der Waals surface area (Å²) in [5.41, 5.74) is 2.22. The average molecular weight is 596 g/mol. The lowest BCUT2D eigenvalue weighted by Gasteiger charge is -2.31. The van der Waals surface area contributed by atoms with Gasteiger partial charge in [-0.25, -0.2) is 9.97 Å². The number of oxime groups is 1. The molecule has 5 rings (SSSR count). The first-order valence-corrected chi connectivity index (χ1v) is 14.3. The van der Waals surface area contributed by atoms with Gasteiger partial charge in [-0.15, -0.1) is 11.3 Å². The number of aromatic nitrogens is 2. The number of rotatable bonds is 8. The van der Waals surface area contributed by atoms with E-state index in [9.17, 15) is 4.79 Å². The van der Waals surface area contributed by atoms with E-state index in [-0.39, 0.29) is 24.5 Å². The van der Waals surface area contributed by atoms with Crippen molar-refractivity contribution in [1.82, 2.24) is 14.9 Å². The van der Waals surface area contributed by atoms with Crippen LogP contribution < -0.4 is 9.47 Å². The highest BCUT2D eigenvalue weighted by molar-refractivity contribution is 7.10. The van der Waals surface area contributed by atoms with Gasteiger partial charge in [-0.2, -0.15) is 0 Å². The van der Waals surface area contributed by atoms with E-state index in [0.29, 0.717) is 58.4 Å². The number of piperidine rings is 1. The summed E-state index contributed by atoms with van der Waals surface area (Å²) in [6, 6.07) is 6.83. The fourth-order valence-electron chi connectivity index (χ4n) is 4.50. The Bertz CT molecular complexity index is 1320. The van der Waals surface area contributed by atoms with E-state index in [2.05, 4.69) is 10.1 Å². The molecule has 0 bridgehead atoms. The van der Waals surface area contributed by atoms with Gasteiger partial charge in [-0.1, -0.05) is 40.0 Å². The van der Waals surface area contributed by atoms with Crippen molar-refractivity contribution in [3.05, 3.63) is 67.2 Å². The van der Waals surface area contributed by atoms with E-state index >= 15 is 0 Å². The highest BCUT2D eigenvalue weighted by atomic mass is 35.5. The Morgan fingerprint density at radius 3 is 2.68 bits per heavy atom. The zero-order valence-corrected chi connectivity index (χ0v) is 23.6. The van der Waals surface area contributed by atoms with Crippen molar-refractivity contribution in [2.45, 2.75) is 38.2 Å². The summed E-state index contributed by atoms with van der Waals surface area (Å²) in [5.74, 6) is 1.07. The number of amides is 1. The molecule has 4 heterocycles. The van der Waals surface area contributed by atoms with Crippen LogP contribution in [0.25, 0.3) is 0 Å². The summed E-state index contributed by atoms with van der Waals surface area (Å²) in [6.07, 6.45) is 3.39. The molecule has 0 N–H and O–H groups in total. The predicted octanol–water partition coefficient (Wildman–Crippen LogP) is 6.55. The van der Waals surface area contributed by atoms with Crippen LogP contribution >= 0.6 is 46.1 Å². The van der Waals surface area contributed by atoms with Crippen molar-refractivity contribution in [1.29, 1.82) is 0 Å². The number of pyridine rings is 1. The van der Waals surface area contributed by atoms with Gasteiger partial charge in [-0.3, -0.25) is 4.79 Å². The van der Waals surface area contributed by atoms with Crippen LogP contribution in [0.5, 0.6) is 11.6 Å². The zero-order chi connectivity index (χ0) is 26.6. The maximum atomic E-state index is 12.7. The lowest BCUT2D eigenvalue weighted by Crippen LogP contribution is -2.40. The van der Waals surface area contributed by atoms with Crippen LogP contribution in [-0.4, -0.2) is 52.8 Å². The quantitative estimate of drug-likeness (QED) is 0.294. The molecule has 0 saturated carbocycles. The number of benzene rings is 1. The van der Waals surface area contributed by atoms with Gasteiger partial charge in [0.25, 0.3) is 11.8 Å². The topological polar surface area (TPSA) is 86.1 Å². The van der Waals surface area contributed by atoms with Crippen LogP contribution in [0.4, 0.5) is 0 Å². The average Bonchev–Trinajstić information content (AvgIpc) is 3.58. The first-order valence-electron chi connectivity index (χ1n) is 12.2. The van der Waals surface area contributed by atoms with Gasteiger partial charge >= 0.3 is 0 Å². The molecule has 1 unspecified atom stereocenters. The highest BCUT2D eigenvalue weighted by Gasteiger charge is 2.31. The van der Waals surface area contributed by atoms with Crippen molar-refractivity contribution < 1.29 is 19.1 Å². The van der Waals surface area contributed by atoms with Gasteiger partial charge in [0.05, 0.1) is 27.4 Å². The molecule has 8 nitrogen and oxygen atoms in total. The molecule has 2 aromatic heterocycles. The number of likely N-dealkylation sites (tertiary alicyclic amines) is 1. The normalized spacial score (nSPS) is 17.7. The Balaban J connectivity index is 1.14. The summed E-state index contributed by atoms with van der Waals surface area (Å²) in [4.78, 5) is 29.2. The number of thiazole rings is 1. The van der Waals surface area contributed by atoms with Crippen LogP contribution in [0.1, 0.15) is 54.5 Å². The number of ether oxygens (including phenoxy) is 2. The minimum Gasteiger partial charge on any atom is -0.488 e. The molecule has 12 heteroatoms. The van der Waals surface area contributed by atoms with Crippen molar-refractivity contribution >= 4 is 57.8 Å². The Morgan fingerprint density at radius 2 is 1.95 bits per heavy atom. The number of hydrogen-bond acceptors (Lipinski definition) is 8. The van der Waals surface area contributed by atoms with Gasteiger partial charge in [0.15, 0.2) is 18.5 Å². The first-order chi connectivity index (χ1) is 18.4. The van der Waals surface area contributed by atoms with Gasteiger partial charge in [0, 0.05) is 47.6 Å². The Morgan fingerprint density at radius 1 is 1.18 bits per heavy atom. The summed E-state index contributed by atoms with van der Waals surface area (Å²) >= 11 is 20.4. The molecule has 2 aliphatic heterocycles.